The lowest BCUT2D eigenvalue weighted by atomic mass is 10.1. The summed E-state index contributed by atoms with van der Waals surface area (Å²) in [5.74, 6) is -0.0590. The molecule has 0 bridgehead atoms. The van der Waals surface area contributed by atoms with Crippen molar-refractivity contribution in [2.75, 3.05) is 13.7 Å². The normalized spacial score (nSPS) is 10.7. The number of carbonyl (C=O) groups is 1. The van der Waals surface area contributed by atoms with E-state index in [1.54, 1.807) is 31.4 Å². The third kappa shape index (κ3) is 4.56. The molecule has 2 heterocycles. The number of para-hydroxylation sites is 1. The highest BCUT2D eigenvalue weighted by atomic mass is 19.1. The van der Waals surface area contributed by atoms with E-state index in [0.29, 0.717) is 22.7 Å². The van der Waals surface area contributed by atoms with Crippen LogP contribution in [-0.2, 0) is 6.54 Å². The van der Waals surface area contributed by atoms with Crippen LogP contribution >= 0.6 is 0 Å². The number of nitrogens with one attached hydrogen (secondary N) is 2. The summed E-state index contributed by atoms with van der Waals surface area (Å²) >= 11 is 0. The molecule has 0 atom stereocenters. The summed E-state index contributed by atoms with van der Waals surface area (Å²) in [6.07, 6.45) is 0. The molecule has 0 fully saturated rings. The van der Waals surface area contributed by atoms with Crippen LogP contribution in [-0.4, -0.2) is 39.5 Å². The summed E-state index contributed by atoms with van der Waals surface area (Å²) in [6, 6.07) is 17.8. The van der Waals surface area contributed by atoms with Gasteiger partial charge in [-0.05, 0) is 48.5 Å². The van der Waals surface area contributed by atoms with Crippen molar-refractivity contribution in [3.05, 3.63) is 88.6 Å². The fourth-order valence-corrected chi connectivity index (χ4v) is 3.19. The van der Waals surface area contributed by atoms with Crippen molar-refractivity contribution in [1.82, 2.24) is 25.3 Å². The number of carbonyl (C=O) groups excluding carboxylic acids is 1. The molecule has 9 heteroatoms. The molecule has 4 aromatic rings. The zero-order chi connectivity index (χ0) is 22.5. The molecular weight excluding hydrogens is 413 g/mol. The Labute approximate surface area is 182 Å². The molecule has 0 unspecified atom stereocenters. The van der Waals surface area contributed by atoms with Gasteiger partial charge in [-0.1, -0.05) is 12.1 Å². The van der Waals surface area contributed by atoms with Crippen LogP contribution in [0.2, 0.25) is 0 Å². The highest BCUT2D eigenvalue weighted by Crippen LogP contribution is 2.28. The highest BCUT2D eigenvalue weighted by Gasteiger charge is 2.13. The van der Waals surface area contributed by atoms with Gasteiger partial charge in [-0.3, -0.25) is 14.7 Å². The van der Waals surface area contributed by atoms with Crippen molar-refractivity contribution >= 4 is 5.91 Å². The molecular formula is C23H20FN5O3. The first-order chi connectivity index (χ1) is 15.5. The smallest absolute Gasteiger partial charge is 0.269 e. The molecule has 0 radical (unpaired) electrons. The number of benzene rings is 2. The molecule has 8 nitrogen and oxygen atoms in total. The lowest BCUT2D eigenvalue weighted by Crippen LogP contribution is -2.32. The molecule has 1 amide bonds. The quantitative estimate of drug-likeness (QED) is 0.467. The second-order valence-corrected chi connectivity index (χ2v) is 6.91. The van der Waals surface area contributed by atoms with Crippen LogP contribution in [0.25, 0.3) is 22.5 Å². The number of nitrogens with zero attached hydrogens (tertiary/aromatic N) is 3. The van der Waals surface area contributed by atoms with E-state index in [2.05, 4.69) is 20.6 Å². The van der Waals surface area contributed by atoms with E-state index in [0.717, 1.165) is 5.56 Å². The van der Waals surface area contributed by atoms with E-state index in [9.17, 15) is 14.0 Å². The molecule has 2 N–H and O–H groups in total. The third-order valence-electron chi connectivity index (χ3n) is 4.82. The highest BCUT2D eigenvalue weighted by molar-refractivity contribution is 5.93. The standard InChI is InChI=1S/C23H20FN5O3/c1-32-21-5-3-2-4-17(21)19-14-20(27-26-19)23(31)25-12-13-29-22(30)11-10-18(28-29)15-6-8-16(24)9-7-15/h2-11,14H,12-13H2,1H3,(H,25,31)(H,26,27). The van der Waals surface area contributed by atoms with Gasteiger partial charge < -0.3 is 10.1 Å². The van der Waals surface area contributed by atoms with Crippen molar-refractivity contribution < 1.29 is 13.9 Å². The van der Waals surface area contributed by atoms with E-state index in [-0.39, 0.29) is 36.1 Å². The minimum atomic E-state index is -0.360. The Balaban J connectivity index is 1.41. The maximum absolute atomic E-state index is 13.1. The Bertz CT molecular complexity index is 1300. The number of halogens is 1. The van der Waals surface area contributed by atoms with Crippen LogP contribution in [0, 0.1) is 5.82 Å². The van der Waals surface area contributed by atoms with E-state index >= 15 is 0 Å². The van der Waals surface area contributed by atoms with Gasteiger partial charge in [-0.15, -0.1) is 0 Å². The maximum Gasteiger partial charge on any atom is 0.269 e. The number of H-pyrrole nitrogens is 1. The van der Waals surface area contributed by atoms with E-state index in [1.165, 1.54) is 22.9 Å². The predicted octanol–water partition coefficient (Wildman–Crippen LogP) is 2.88. The lowest BCUT2D eigenvalue weighted by Gasteiger charge is -2.08. The molecule has 0 saturated heterocycles. The Morgan fingerprint density at radius 2 is 1.88 bits per heavy atom. The van der Waals surface area contributed by atoms with Crippen LogP contribution in [0.5, 0.6) is 5.75 Å². The van der Waals surface area contributed by atoms with Gasteiger partial charge in [0.1, 0.15) is 17.3 Å². The van der Waals surface area contributed by atoms with Gasteiger partial charge in [0.15, 0.2) is 0 Å². The molecule has 2 aromatic carbocycles. The van der Waals surface area contributed by atoms with Crippen molar-refractivity contribution in [2.45, 2.75) is 6.54 Å². The average molecular weight is 433 g/mol. The molecule has 4 rings (SSSR count). The average Bonchev–Trinajstić information content (AvgIpc) is 3.31. The van der Waals surface area contributed by atoms with Crippen LogP contribution in [0.1, 0.15) is 10.5 Å². The summed E-state index contributed by atoms with van der Waals surface area (Å²) in [6.45, 7) is 0.356. The summed E-state index contributed by atoms with van der Waals surface area (Å²) in [5, 5.41) is 14.0. The minimum absolute atomic E-state index is 0.174. The molecule has 0 aliphatic rings. The van der Waals surface area contributed by atoms with Crippen LogP contribution in [0.15, 0.2) is 71.5 Å². The molecule has 162 valence electrons. The lowest BCUT2D eigenvalue weighted by molar-refractivity contribution is 0.0946. The summed E-state index contributed by atoms with van der Waals surface area (Å²) in [7, 11) is 1.57. The van der Waals surface area contributed by atoms with E-state index in [4.69, 9.17) is 4.74 Å². The monoisotopic (exact) mass is 433 g/mol. The molecule has 0 aliphatic heterocycles. The molecule has 0 spiro atoms. The first-order valence-electron chi connectivity index (χ1n) is 9.86. The Morgan fingerprint density at radius 3 is 2.66 bits per heavy atom. The number of aromatic amines is 1. The zero-order valence-electron chi connectivity index (χ0n) is 17.2. The van der Waals surface area contributed by atoms with Gasteiger partial charge in [0, 0.05) is 23.7 Å². The number of hydrogen-bond donors (Lipinski definition) is 2. The summed E-state index contributed by atoms with van der Waals surface area (Å²) in [5.41, 5.74) is 2.55. The van der Waals surface area contributed by atoms with Crippen molar-refractivity contribution in [1.29, 1.82) is 0 Å². The van der Waals surface area contributed by atoms with Gasteiger partial charge in [0.25, 0.3) is 11.5 Å². The topological polar surface area (TPSA) is 102 Å². The largest absolute Gasteiger partial charge is 0.496 e. The Kier molecular flexibility index (Phi) is 6.07. The Hall–Kier alpha value is -4.27. The second-order valence-electron chi connectivity index (χ2n) is 6.91. The van der Waals surface area contributed by atoms with Crippen molar-refractivity contribution in [3.63, 3.8) is 0 Å². The van der Waals surface area contributed by atoms with E-state index < -0.39 is 0 Å². The van der Waals surface area contributed by atoms with Crippen LogP contribution < -0.4 is 15.6 Å². The van der Waals surface area contributed by atoms with Crippen molar-refractivity contribution in [2.24, 2.45) is 0 Å². The number of rotatable bonds is 7. The third-order valence-corrected chi connectivity index (χ3v) is 4.82. The number of hydrogen-bond acceptors (Lipinski definition) is 5. The first kappa shape index (κ1) is 21.0. The zero-order valence-corrected chi connectivity index (χ0v) is 17.2. The molecule has 2 aromatic heterocycles. The first-order valence-corrected chi connectivity index (χ1v) is 9.86. The maximum atomic E-state index is 13.1. The number of aromatic nitrogens is 4. The SMILES string of the molecule is COc1ccccc1-c1cc(C(=O)NCCn2nc(-c3ccc(F)cc3)ccc2=O)[nH]n1. The summed E-state index contributed by atoms with van der Waals surface area (Å²) < 4.78 is 19.7. The van der Waals surface area contributed by atoms with Gasteiger partial charge in [0.05, 0.1) is 25.0 Å². The molecule has 32 heavy (non-hydrogen) atoms. The van der Waals surface area contributed by atoms with Gasteiger partial charge in [-0.25, -0.2) is 9.07 Å². The number of amides is 1. The predicted molar refractivity (Wildman–Crippen MR) is 117 cm³/mol. The van der Waals surface area contributed by atoms with Crippen LogP contribution in [0.3, 0.4) is 0 Å². The molecule has 0 saturated carbocycles. The fourth-order valence-electron chi connectivity index (χ4n) is 3.19. The van der Waals surface area contributed by atoms with Gasteiger partial charge >= 0.3 is 0 Å². The molecule has 0 aliphatic carbocycles. The second kappa shape index (κ2) is 9.25. The summed E-state index contributed by atoms with van der Waals surface area (Å²) in [4.78, 5) is 24.6. The fraction of sp³-hybridized carbons (Fsp3) is 0.130. The van der Waals surface area contributed by atoms with Crippen LogP contribution in [0.4, 0.5) is 4.39 Å². The minimum Gasteiger partial charge on any atom is -0.496 e. The van der Waals surface area contributed by atoms with E-state index in [1.807, 2.05) is 24.3 Å². The van der Waals surface area contributed by atoms with Crippen molar-refractivity contribution in [3.8, 4) is 28.3 Å². The van der Waals surface area contributed by atoms with Gasteiger partial charge in [0.2, 0.25) is 0 Å². The Morgan fingerprint density at radius 1 is 1.09 bits per heavy atom. The number of ether oxygens (including phenoxy) is 1. The number of methoxy groups -OCH3 is 1. The van der Waals surface area contributed by atoms with Gasteiger partial charge in [-0.2, -0.15) is 10.2 Å².